The normalized spacial score (nSPS) is 21.1. The zero-order valence-electron chi connectivity index (χ0n) is 8.95. The van der Waals surface area contributed by atoms with Crippen LogP contribution in [0.3, 0.4) is 0 Å². The lowest BCUT2D eigenvalue weighted by Crippen LogP contribution is -2.29. The standard InChI is InChI=1S/C12H17N3/c1-2-3-7-15-10-14-9-12(15)11-5-4-6-13-8-11/h1,9-11,13H,3-8H2. The second kappa shape index (κ2) is 4.99. The van der Waals surface area contributed by atoms with E-state index in [4.69, 9.17) is 6.42 Å². The average Bonchev–Trinajstić information content (AvgIpc) is 2.75. The van der Waals surface area contributed by atoms with Crippen molar-refractivity contribution in [1.82, 2.24) is 14.9 Å². The molecular weight excluding hydrogens is 186 g/mol. The van der Waals surface area contributed by atoms with Gasteiger partial charge in [-0.25, -0.2) is 4.98 Å². The molecule has 1 aliphatic heterocycles. The SMILES string of the molecule is C#CCCn1cncc1C1CCCNC1. The van der Waals surface area contributed by atoms with Crippen molar-refractivity contribution < 1.29 is 0 Å². The van der Waals surface area contributed by atoms with Gasteiger partial charge in [0.05, 0.1) is 6.33 Å². The molecule has 80 valence electrons. The molecular formula is C12H17N3. The Kier molecular flexibility index (Phi) is 3.41. The van der Waals surface area contributed by atoms with E-state index in [2.05, 4.69) is 20.8 Å². The van der Waals surface area contributed by atoms with E-state index in [0.717, 1.165) is 26.1 Å². The van der Waals surface area contributed by atoms with Gasteiger partial charge in [0.2, 0.25) is 0 Å². The van der Waals surface area contributed by atoms with E-state index in [1.54, 1.807) is 0 Å². The number of nitrogens with one attached hydrogen (secondary N) is 1. The number of rotatable bonds is 3. The summed E-state index contributed by atoms with van der Waals surface area (Å²) in [5, 5.41) is 3.42. The molecule has 3 nitrogen and oxygen atoms in total. The molecule has 1 aliphatic rings. The van der Waals surface area contributed by atoms with Crippen LogP contribution in [0.1, 0.15) is 30.9 Å². The smallest absolute Gasteiger partial charge is 0.0948 e. The topological polar surface area (TPSA) is 29.9 Å². The van der Waals surface area contributed by atoms with Crippen molar-refractivity contribution in [2.75, 3.05) is 13.1 Å². The van der Waals surface area contributed by atoms with Gasteiger partial charge < -0.3 is 9.88 Å². The number of hydrogen-bond donors (Lipinski definition) is 1. The van der Waals surface area contributed by atoms with Crippen LogP contribution in [0.2, 0.25) is 0 Å². The number of terminal acetylenes is 1. The molecule has 0 radical (unpaired) electrons. The fraction of sp³-hybridized carbons (Fsp3) is 0.583. The van der Waals surface area contributed by atoms with Crippen molar-refractivity contribution in [3.8, 4) is 12.3 Å². The summed E-state index contributed by atoms with van der Waals surface area (Å²) < 4.78 is 2.19. The molecule has 3 heteroatoms. The number of imidazole rings is 1. The Morgan fingerprint density at radius 2 is 2.60 bits per heavy atom. The van der Waals surface area contributed by atoms with Crippen LogP contribution in [0.25, 0.3) is 0 Å². The predicted molar refractivity (Wildman–Crippen MR) is 60.5 cm³/mol. The Hall–Kier alpha value is -1.27. The zero-order chi connectivity index (χ0) is 10.5. The number of aryl methyl sites for hydroxylation is 1. The van der Waals surface area contributed by atoms with Gasteiger partial charge in [0, 0.05) is 37.3 Å². The lowest BCUT2D eigenvalue weighted by atomic mass is 9.96. The summed E-state index contributed by atoms with van der Waals surface area (Å²) in [6.45, 7) is 3.11. The number of aromatic nitrogens is 2. The van der Waals surface area contributed by atoms with Crippen LogP contribution in [0.5, 0.6) is 0 Å². The van der Waals surface area contributed by atoms with Crippen LogP contribution < -0.4 is 5.32 Å². The Morgan fingerprint density at radius 1 is 1.67 bits per heavy atom. The lowest BCUT2D eigenvalue weighted by Gasteiger charge is -2.23. The molecule has 2 rings (SSSR count). The van der Waals surface area contributed by atoms with Crippen molar-refractivity contribution in [2.24, 2.45) is 0 Å². The first kappa shape index (κ1) is 10.3. The van der Waals surface area contributed by atoms with E-state index in [-0.39, 0.29) is 0 Å². The van der Waals surface area contributed by atoms with E-state index < -0.39 is 0 Å². The van der Waals surface area contributed by atoms with Crippen molar-refractivity contribution in [3.63, 3.8) is 0 Å². The molecule has 1 atom stereocenters. The molecule has 1 saturated heterocycles. The molecule has 0 saturated carbocycles. The first-order chi connectivity index (χ1) is 7.42. The highest BCUT2D eigenvalue weighted by Gasteiger charge is 2.18. The minimum absolute atomic E-state index is 0.610. The molecule has 1 aromatic rings. The highest BCUT2D eigenvalue weighted by molar-refractivity contribution is 5.08. The van der Waals surface area contributed by atoms with Crippen molar-refractivity contribution in [1.29, 1.82) is 0 Å². The summed E-state index contributed by atoms with van der Waals surface area (Å²) in [6, 6.07) is 0. The minimum Gasteiger partial charge on any atom is -0.333 e. The molecule has 2 heterocycles. The largest absolute Gasteiger partial charge is 0.333 e. The number of piperidine rings is 1. The lowest BCUT2D eigenvalue weighted by molar-refractivity contribution is 0.441. The summed E-state index contributed by atoms with van der Waals surface area (Å²) in [6.07, 6.45) is 12.4. The number of nitrogens with zero attached hydrogens (tertiary/aromatic N) is 2. The quantitative estimate of drug-likeness (QED) is 0.752. The van der Waals surface area contributed by atoms with Gasteiger partial charge in [0.15, 0.2) is 0 Å². The summed E-state index contributed by atoms with van der Waals surface area (Å²) in [5.74, 6) is 3.28. The van der Waals surface area contributed by atoms with Crippen molar-refractivity contribution >= 4 is 0 Å². The second-order valence-corrected chi connectivity index (χ2v) is 4.01. The molecule has 0 spiro atoms. The molecule has 1 aromatic heterocycles. The maximum absolute atomic E-state index is 5.28. The Morgan fingerprint density at radius 3 is 3.33 bits per heavy atom. The third kappa shape index (κ3) is 2.40. The second-order valence-electron chi connectivity index (χ2n) is 4.01. The highest BCUT2D eigenvalue weighted by Crippen LogP contribution is 2.22. The van der Waals surface area contributed by atoms with Gasteiger partial charge in [0.1, 0.15) is 0 Å². The van der Waals surface area contributed by atoms with E-state index >= 15 is 0 Å². The predicted octanol–water partition coefficient (Wildman–Crippen LogP) is 1.37. The highest BCUT2D eigenvalue weighted by atomic mass is 15.1. The summed E-state index contributed by atoms with van der Waals surface area (Å²) in [7, 11) is 0. The molecule has 1 unspecified atom stereocenters. The Bertz CT molecular complexity index is 342. The fourth-order valence-electron chi connectivity index (χ4n) is 2.15. The zero-order valence-corrected chi connectivity index (χ0v) is 8.95. The van der Waals surface area contributed by atoms with Gasteiger partial charge in [0.25, 0.3) is 0 Å². The van der Waals surface area contributed by atoms with Gasteiger partial charge in [-0.05, 0) is 19.4 Å². The van der Waals surface area contributed by atoms with E-state index in [1.807, 2.05) is 12.5 Å². The van der Waals surface area contributed by atoms with Gasteiger partial charge in [-0.1, -0.05) is 0 Å². The number of hydrogen-bond acceptors (Lipinski definition) is 2. The molecule has 15 heavy (non-hydrogen) atoms. The summed E-state index contributed by atoms with van der Waals surface area (Å²) in [5.41, 5.74) is 1.33. The summed E-state index contributed by atoms with van der Waals surface area (Å²) >= 11 is 0. The van der Waals surface area contributed by atoms with E-state index in [0.29, 0.717) is 5.92 Å². The molecule has 0 bridgehead atoms. The maximum Gasteiger partial charge on any atom is 0.0948 e. The molecule has 0 aromatic carbocycles. The molecule has 0 aliphatic carbocycles. The van der Waals surface area contributed by atoms with Crippen molar-refractivity contribution in [3.05, 3.63) is 18.2 Å². The average molecular weight is 203 g/mol. The first-order valence-corrected chi connectivity index (χ1v) is 5.56. The van der Waals surface area contributed by atoms with Gasteiger partial charge in [-0.2, -0.15) is 0 Å². The third-order valence-corrected chi connectivity index (χ3v) is 2.96. The van der Waals surface area contributed by atoms with E-state index in [1.165, 1.54) is 18.5 Å². The van der Waals surface area contributed by atoms with Crippen LogP contribution in [0, 0.1) is 12.3 Å². The first-order valence-electron chi connectivity index (χ1n) is 5.56. The Labute approximate surface area is 90.9 Å². The van der Waals surface area contributed by atoms with Crippen LogP contribution in [0.4, 0.5) is 0 Å². The van der Waals surface area contributed by atoms with Gasteiger partial charge in [-0.3, -0.25) is 0 Å². The van der Waals surface area contributed by atoms with Gasteiger partial charge in [-0.15, -0.1) is 12.3 Å². The fourth-order valence-corrected chi connectivity index (χ4v) is 2.15. The molecule has 1 fully saturated rings. The third-order valence-electron chi connectivity index (χ3n) is 2.96. The van der Waals surface area contributed by atoms with Gasteiger partial charge >= 0.3 is 0 Å². The van der Waals surface area contributed by atoms with Crippen molar-refractivity contribution in [2.45, 2.75) is 31.7 Å². The summed E-state index contributed by atoms with van der Waals surface area (Å²) in [4.78, 5) is 4.22. The molecule has 1 N–H and O–H groups in total. The monoisotopic (exact) mass is 203 g/mol. The maximum atomic E-state index is 5.28. The van der Waals surface area contributed by atoms with Crippen LogP contribution in [-0.2, 0) is 6.54 Å². The minimum atomic E-state index is 0.610. The Balaban J connectivity index is 2.06. The van der Waals surface area contributed by atoms with Crippen LogP contribution in [0.15, 0.2) is 12.5 Å². The van der Waals surface area contributed by atoms with E-state index in [9.17, 15) is 0 Å². The van der Waals surface area contributed by atoms with Crippen LogP contribution in [-0.4, -0.2) is 22.6 Å². The van der Waals surface area contributed by atoms with Crippen LogP contribution >= 0.6 is 0 Å². The molecule has 0 amide bonds.